The summed E-state index contributed by atoms with van der Waals surface area (Å²) in [4.78, 5) is 20.9. The normalized spacial score (nSPS) is 18.2. The first-order valence-corrected chi connectivity index (χ1v) is 9.91. The van der Waals surface area contributed by atoms with E-state index in [0.29, 0.717) is 23.8 Å². The largest absolute Gasteiger partial charge is 0.344 e. The first-order chi connectivity index (χ1) is 13.2. The van der Waals surface area contributed by atoms with Crippen LogP contribution in [-0.4, -0.2) is 66.9 Å². The van der Waals surface area contributed by atoms with Crippen molar-refractivity contribution >= 4 is 33.3 Å². The van der Waals surface area contributed by atoms with Crippen LogP contribution in [0.15, 0.2) is 24.3 Å². The molecule has 2 aliphatic heterocycles. The maximum Gasteiger partial charge on any atom is 0.330 e. The van der Waals surface area contributed by atoms with Gasteiger partial charge in [-0.3, -0.25) is 9.80 Å². The van der Waals surface area contributed by atoms with Crippen molar-refractivity contribution in [3.8, 4) is 6.07 Å². The fourth-order valence-corrected chi connectivity index (χ4v) is 4.29. The van der Waals surface area contributed by atoms with Gasteiger partial charge in [0.25, 0.3) is 0 Å². The average molecular weight is 383 g/mol. The number of carbonyl (C=O) groups excluding carboxylic acids is 1. The van der Waals surface area contributed by atoms with Crippen LogP contribution in [0.2, 0.25) is 0 Å². The highest BCUT2D eigenvalue weighted by Gasteiger charge is 2.33. The van der Waals surface area contributed by atoms with Crippen molar-refractivity contribution in [1.82, 2.24) is 15.1 Å². The van der Waals surface area contributed by atoms with E-state index >= 15 is 0 Å². The van der Waals surface area contributed by atoms with E-state index < -0.39 is 0 Å². The van der Waals surface area contributed by atoms with Crippen molar-refractivity contribution in [3.63, 3.8) is 0 Å². The molecule has 9 heteroatoms. The zero-order valence-corrected chi connectivity index (χ0v) is 16.0. The third-order valence-electron chi connectivity index (χ3n) is 5.04. The monoisotopic (exact) mass is 383 g/mol. The van der Waals surface area contributed by atoms with Crippen molar-refractivity contribution in [1.29, 1.82) is 5.26 Å². The van der Waals surface area contributed by atoms with E-state index in [4.69, 9.17) is 5.26 Å². The number of aromatic nitrogens is 2. The SMILES string of the molecule is CCN1CCN(c2nnc(N3CCN(c4ccc(C#N)cc4)C3=O)s2)CC1. The van der Waals surface area contributed by atoms with Crippen LogP contribution in [0.3, 0.4) is 0 Å². The Morgan fingerprint density at radius 2 is 1.67 bits per heavy atom. The third-order valence-corrected chi connectivity index (χ3v) is 6.05. The number of likely N-dealkylation sites (N-methyl/N-ethyl adjacent to an activating group) is 1. The van der Waals surface area contributed by atoms with Crippen molar-refractivity contribution in [2.45, 2.75) is 6.92 Å². The molecule has 0 bridgehead atoms. The number of piperazine rings is 1. The molecular formula is C18H21N7OS. The molecule has 4 rings (SSSR count). The quantitative estimate of drug-likeness (QED) is 0.803. The molecule has 140 valence electrons. The molecule has 1 aromatic carbocycles. The summed E-state index contributed by atoms with van der Waals surface area (Å²) in [6.45, 7) is 8.36. The molecule has 0 saturated carbocycles. The van der Waals surface area contributed by atoms with E-state index in [-0.39, 0.29) is 6.03 Å². The minimum absolute atomic E-state index is 0.0989. The molecule has 2 fully saturated rings. The number of urea groups is 1. The van der Waals surface area contributed by atoms with Gasteiger partial charge in [-0.25, -0.2) is 4.79 Å². The first-order valence-electron chi connectivity index (χ1n) is 9.09. The van der Waals surface area contributed by atoms with E-state index in [1.165, 1.54) is 11.3 Å². The van der Waals surface area contributed by atoms with Crippen molar-refractivity contribution in [2.75, 3.05) is 60.5 Å². The summed E-state index contributed by atoms with van der Waals surface area (Å²) < 4.78 is 0. The third kappa shape index (κ3) is 3.46. The van der Waals surface area contributed by atoms with Gasteiger partial charge in [-0.15, -0.1) is 10.2 Å². The van der Waals surface area contributed by atoms with Gasteiger partial charge < -0.3 is 9.80 Å². The van der Waals surface area contributed by atoms with Crippen LogP contribution in [0.25, 0.3) is 0 Å². The van der Waals surface area contributed by atoms with Crippen molar-refractivity contribution < 1.29 is 4.79 Å². The highest BCUT2D eigenvalue weighted by molar-refractivity contribution is 7.19. The molecule has 27 heavy (non-hydrogen) atoms. The van der Waals surface area contributed by atoms with E-state index in [0.717, 1.165) is 43.5 Å². The van der Waals surface area contributed by atoms with Crippen molar-refractivity contribution in [2.24, 2.45) is 0 Å². The van der Waals surface area contributed by atoms with Gasteiger partial charge in [-0.2, -0.15) is 5.26 Å². The Morgan fingerprint density at radius 3 is 2.33 bits per heavy atom. The summed E-state index contributed by atoms with van der Waals surface area (Å²) in [5, 5.41) is 19.0. The van der Waals surface area contributed by atoms with Crippen molar-refractivity contribution in [3.05, 3.63) is 29.8 Å². The Balaban J connectivity index is 1.45. The lowest BCUT2D eigenvalue weighted by Crippen LogP contribution is -2.46. The van der Waals surface area contributed by atoms with Gasteiger partial charge in [0.2, 0.25) is 10.3 Å². The van der Waals surface area contributed by atoms with E-state index in [2.05, 4.69) is 33.0 Å². The molecule has 8 nitrogen and oxygen atoms in total. The van der Waals surface area contributed by atoms with Gasteiger partial charge in [0.1, 0.15) is 0 Å². The number of hydrogen-bond acceptors (Lipinski definition) is 7. The molecule has 0 atom stereocenters. The van der Waals surface area contributed by atoms with E-state index in [9.17, 15) is 4.79 Å². The lowest BCUT2D eigenvalue weighted by Gasteiger charge is -2.33. The van der Waals surface area contributed by atoms with Crippen LogP contribution in [0.5, 0.6) is 0 Å². The summed E-state index contributed by atoms with van der Waals surface area (Å²) in [6, 6.07) is 9.06. The number of rotatable bonds is 4. The van der Waals surface area contributed by atoms with Crippen LogP contribution in [0, 0.1) is 11.3 Å². The van der Waals surface area contributed by atoms with Crippen LogP contribution >= 0.6 is 11.3 Å². The minimum Gasteiger partial charge on any atom is -0.344 e. The van der Waals surface area contributed by atoms with Gasteiger partial charge in [-0.05, 0) is 30.8 Å². The molecule has 3 heterocycles. The zero-order valence-electron chi connectivity index (χ0n) is 15.2. The highest BCUT2D eigenvalue weighted by Crippen LogP contribution is 2.31. The molecule has 2 saturated heterocycles. The number of benzene rings is 1. The topological polar surface area (TPSA) is 79.6 Å². The Kier molecular flexibility index (Phi) is 4.92. The maximum absolute atomic E-state index is 12.8. The number of nitriles is 1. The molecule has 0 spiro atoms. The van der Waals surface area contributed by atoms with Crippen LogP contribution in [0.4, 0.5) is 20.7 Å². The number of carbonyl (C=O) groups is 1. The van der Waals surface area contributed by atoms with Crippen LogP contribution in [-0.2, 0) is 0 Å². The molecule has 0 unspecified atom stereocenters. The van der Waals surface area contributed by atoms with Gasteiger partial charge in [0, 0.05) is 45.0 Å². The molecule has 2 amide bonds. The Morgan fingerprint density at radius 1 is 1.00 bits per heavy atom. The highest BCUT2D eigenvalue weighted by atomic mass is 32.1. The minimum atomic E-state index is -0.0989. The Labute approximate surface area is 162 Å². The zero-order chi connectivity index (χ0) is 18.8. The van der Waals surface area contributed by atoms with Gasteiger partial charge in [-0.1, -0.05) is 18.3 Å². The lowest BCUT2D eigenvalue weighted by molar-refractivity contribution is 0.256. The van der Waals surface area contributed by atoms with Gasteiger partial charge in [0.15, 0.2) is 0 Å². The Hall–Kier alpha value is -2.70. The number of amides is 2. The summed E-state index contributed by atoms with van der Waals surface area (Å²) in [6.07, 6.45) is 0. The van der Waals surface area contributed by atoms with E-state index in [1.54, 1.807) is 34.1 Å². The molecule has 2 aliphatic rings. The standard InChI is InChI=1S/C18H21N7OS/c1-2-22-7-9-23(10-8-22)16-20-21-17(27-16)25-12-11-24(18(25)26)15-5-3-14(13-19)4-6-15/h3-6H,2,7-12H2,1H3. The fraction of sp³-hybridized carbons (Fsp3) is 0.444. The molecular weight excluding hydrogens is 362 g/mol. The molecule has 2 aromatic rings. The smallest absolute Gasteiger partial charge is 0.330 e. The summed E-state index contributed by atoms with van der Waals surface area (Å²) >= 11 is 1.47. The van der Waals surface area contributed by atoms with Gasteiger partial charge >= 0.3 is 6.03 Å². The summed E-state index contributed by atoms with van der Waals surface area (Å²) in [5.41, 5.74) is 1.38. The molecule has 1 aromatic heterocycles. The van der Waals surface area contributed by atoms with Crippen LogP contribution < -0.4 is 14.7 Å². The predicted octanol–water partition coefficient (Wildman–Crippen LogP) is 2.00. The molecule has 0 aliphatic carbocycles. The fourth-order valence-electron chi connectivity index (χ4n) is 3.37. The second-order valence-electron chi connectivity index (χ2n) is 6.53. The molecule has 0 radical (unpaired) electrons. The maximum atomic E-state index is 12.8. The average Bonchev–Trinajstić information content (AvgIpc) is 3.35. The van der Waals surface area contributed by atoms with Gasteiger partial charge in [0.05, 0.1) is 11.6 Å². The number of anilines is 3. The lowest BCUT2D eigenvalue weighted by atomic mass is 10.2. The second kappa shape index (κ2) is 7.50. The predicted molar refractivity (Wildman–Crippen MR) is 105 cm³/mol. The second-order valence-corrected chi connectivity index (χ2v) is 7.47. The number of hydrogen-bond donors (Lipinski definition) is 0. The number of nitrogens with zero attached hydrogens (tertiary/aromatic N) is 7. The summed E-state index contributed by atoms with van der Waals surface area (Å²) in [7, 11) is 0. The first kappa shape index (κ1) is 17.7. The summed E-state index contributed by atoms with van der Waals surface area (Å²) in [5.74, 6) is 0. The van der Waals surface area contributed by atoms with E-state index in [1.807, 2.05) is 0 Å². The van der Waals surface area contributed by atoms with Crippen LogP contribution in [0.1, 0.15) is 12.5 Å². The molecule has 0 N–H and O–H groups in total. The Bertz CT molecular complexity index is 851.